The van der Waals surface area contributed by atoms with Crippen molar-refractivity contribution < 1.29 is 8.42 Å². The average Bonchev–Trinajstić information content (AvgIpc) is 3.43. The molecule has 0 radical (unpaired) electrons. The molecule has 1 saturated heterocycles. The summed E-state index contributed by atoms with van der Waals surface area (Å²) in [5, 5.41) is 2.85. The van der Waals surface area contributed by atoms with Gasteiger partial charge in [0.1, 0.15) is 5.82 Å². The van der Waals surface area contributed by atoms with Crippen LogP contribution in [-0.2, 0) is 9.84 Å². The van der Waals surface area contributed by atoms with Crippen molar-refractivity contribution in [3.8, 4) is 11.3 Å². The monoisotopic (exact) mass is 558 g/mol. The Morgan fingerprint density at radius 3 is 2.55 bits per heavy atom. The predicted octanol–water partition coefficient (Wildman–Crippen LogP) is 6.49. The number of hydrogen-bond donors (Lipinski definition) is 2. The van der Waals surface area contributed by atoms with Gasteiger partial charge < -0.3 is 11.1 Å². The zero-order valence-electron chi connectivity index (χ0n) is 22.7. The highest BCUT2D eigenvalue weighted by atomic mass is 35.5. The number of nitrogen functional groups attached to an aromatic ring is 1. The Labute approximate surface area is 233 Å². The second-order valence-electron chi connectivity index (χ2n) is 12.1. The zero-order chi connectivity index (χ0) is 26.8. The van der Waals surface area contributed by atoms with Crippen LogP contribution in [0.3, 0.4) is 0 Å². The minimum absolute atomic E-state index is 0.0625. The van der Waals surface area contributed by atoms with Crippen LogP contribution < -0.4 is 11.1 Å². The van der Waals surface area contributed by atoms with Crippen LogP contribution >= 0.6 is 11.6 Å². The number of benzene rings is 1. The second kappa shape index (κ2) is 11.8. The first-order valence-corrected chi connectivity index (χ1v) is 16.5. The number of halogens is 1. The summed E-state index contributed by atoms with van der Waals surface area (Å²) in [6.07, 6.45) is 15.3. The van der Waals surface area contributed by atoms with Gasteiger partial charge in [0.15, 0.2) is 9.84 Å². The number of hydrogen-bond acceptors (Lipinski definition) is 6. The first-order chi connectivity index (χ1) is 18.2. The van der Waals surface area contributed by atoms with Gasteiger partial charge in [-0.3, -0.25) is 0 Å². The summed E-state index contributed by atoms with van der Waals surface area (Å²) in [4.78, 5) is 9.81. The fourth-order valence-electron chi connectivity index (χ4n) is 6.94. The summed E-state index contributed by atoms with van der Waals surface area (Å²) in [5.41, 5.74) is 8.88. The number of nitrogens with two attached hydrogens (primary N) is 1. The largest absolute Gasteiger partial charge is 0.382 e. The maximum atomic E-state index is 13.1. The topological polar surface area (TPSA) is 98.0 Å². The molecule has 0 amide bonds. The van der Waals surface area contributed by atoms with Gasteiger partial charge in [-0.1, -0.05) is 37.8 Å². The van der Waals surface area contributed by atoms with E-state index in [9.17, 15) is 8.42 Å². The molecule has 3 fully saturated rings. The minimum Gasteiger partial charge on any atom is -0.382 e. The van der Waals surface area contributed by atoms with E-state index < -0.39 is 9.84 Å². The normalized spacial score (nSPS) is 31.3. The number of alkyl halides is 1. The van der Waals surface area contributed by atoms with Crippen molar-refractivity contribution in [2.75, 3.05) is 18.8 Å². The lowest BCUT2D eigenvalue weighted by Gasteiger charge is -2.27. The van der Waals surface area contributed by atoms with Crippen molar-refractivity contribution in [3.63, 3.8) is 0 Å². The van der Waals surface area contributed by atoms with Crippen LogP contribution in [0.25, 0.3) is 11.3 Å². The number of nitrogens with zero attached hydrogens (tertiary/aromatic N) is 2. The minimum atomic E-state index is -3.35. The Bertz CT molecular complexity index is 1200. The predicted molar refractivity (Wildman–Crippen MR) is 155 cm³/mol. The molecule has 38 heavy (non-hydrogen) atoms. The third-order valence-electron chi connectivity index (χ3n) is 9.33. The van der Waals surface area contributed by atoms with E-state index in [1.807, 2.05) is 12.1 Å². The summed E-state index contributed by atoms with van der Waals surface area (Å²) < 4.78 is 26.1. The number of piperidine rings is 1. The molecule has 5 atom stereocenters. The molecule has 0 spiro atoms. The number of nitrogens with one attached hydrogen (secondary N) is 1. The number of sulfone groups is 1. The molecular weight excluding hydrogens is 516 g/mol. The van der Waals surface area contributed by atoms with Crippen molar-refractivity contribution >= 4 is 27.3 Å². The SMILES string of the molecule is CC1(Cl)CCCCCC(C2CCC(c3nc(-c4ccc(S(=O)(=O)C5CCCNC5)cc4)cnc3N)C2)CC1. The molecule has 6 nitrogen and oxygen atoms in total. The van der Waals surface area contributed by atoms with E-state index in [0.29, 0.717) is 35.5 Å². The Morgan fingerprint density at radius 1 is 0.974 bits per heavy atom. The van der Waals surface area contributed by atoms with Crippen molar-refractivity contribution in [2.45, 2.75) is 105 Å². The van der Waals surface area contributed by atoms with E-state index in [1.54, 1.807) is 18.3 Å². The number of rotatable bonds is 5. The Kier molecular flexibility index (Phi) is 8.66. The van der Waals surface area contributed by atoms with E-state index >= 15 is 0 Å². The van der Waals surface area contributed by atoms with Crippen LogP contribution in [0, 0.1) is 11.8 Å². The van der Waals surface area contributed by atoms with Crippen LogP contribution in [-0.4, -0.2) is 41.6 Å². The van der Waals surface area contributed by atoms with Crippen LogP contribution in [0.1, 0.15) is 95.6 Å². The van der Waals surface area contributed by atoms with Crippen LogP contribution in [0.15, 0.2) is 35.4 Å². The third kappa shape index (κ3) is 6.37. The van der Waals surface area contributed by atoms with Gasteiger partial charge in [-0.25, -0.2) is 18.4 Å². The van der Waals surface area contributed by atoms with E-state index in [4.69, 9.17) is 22.3 Å². The van der Waals surface area contributed by atoms with Gasteiger partial charge in [0, 0.05) is 22.9 Å². The first kappa shape index (κ1) is 27.9. The van der Waals surface area contributed by atoms with E-state index in [-0.39, 0.29) is 10.1 Å². The summed E-state index contributed by atoms with van der Waals surface area (Å²) in [7, 11) is -3.35. The highest BCUT2D eigenvalue weighted by Crippen LogP contribution is 2.46. The van der Waals surface area contributed by atoms with Gasteiger partial charge in [-0.2, -0.15) is 0 Å². The maximum Gasteiger partial charge on any atom is 0.182 e. The highest BCUT2D eigenvalue weighted by Gasteiger charge is 2.35. The lowest BCUT2D eigenvalue weighted by Crippen LogP contribution is -2.38. The quantitative estimate of drug-likeness (QED) is 0.407. The maximum absolute atomic E-state index is 13.1. The van der Waals surface area contributed by atoms with Gasteiger partial charge in [0.25, 0.3) is 0 Å². The van der Waals surface area contributed by atoms with Crippen molar-refractivity contribution in [3.05, 3.63) is 36.2 Å². The van der Waals surface area contributed by atoms with Crippen molar-refractivity contribution in [2.24, 2.45) is 11.8 Å². The molecule has 1 aromatic carbocycles. The van der Waals surface area contributed by atoms with E-state index in [0.717, 1.165) is 61.5 Å². The molecule has 5 rings (SSSR count). The Morgan fingerprint density at radius 2 is 1.79 bits per heavy atom. The smallest absolute Gasteiger partial charge is 0.182 e. The molecule has 8 heteroatoms. The first-order valence-electron chi connectivity index (χ1n) is 14.6. The molecule has 0 bridgehead atoms. The molecule has 208 valence electrons. The lowest BCUT2D eigenvalue weighted by molar-refractivity contribution is 0.280. The fraction of sp³-hybridized carbons (Fsp3) is 0.667. The summed E-state index contributed by atoms with van der Waals surface area (Å²) in [5.74, 6) is 2.25. The molecule has 3 aliphatic rings. The van der Waals surface area contributed by atoms with Gasteiger partial charge in [-0.05, 0) is 88.8 Å². The number of anilines is 1. The van der Waals surface area contributed by atoms with Crippen LogP contribution in [0.4, 0.5) is 5.82 Å². The lowest BCUT2D eigenvalue weighted by atomic mass is 9.81. The summed E-state index contributed by atoms with van der Waals surface area (Å²) >= 11 is 6.82. The third-order valence-corrected chi connectivity index (χ3v) is 11.9. The molecule has 2 saturated carbocycles. The Balaban J connectivity index is 1.29. The fourth-order valence-corrected chi connectivity index (χ4v) is 8.90. The molecule has 1 aromatic heterocycles. The van der Waals surface area contributed by atoms with Crippen molar-refractivity contribution in [1.82, 2.24) is 15.3 Å². The molecule has 2 aromatic rings. The number of aromatic nitrogens is 2. The summed E-state index contributed by atoms with van der Waals surface area (Å²) in [6, 6.07) is 7.13. The molecule has 3 N–H and O–H groups in total. The van der Waals surface area contributed by atoms with E-state index in [2.05, 4.69) is 17.2 Å². The molecule has 5 unspecified atom stereocenters. The van der Waals surface area contributed by atoms with Crippen LogP contribution in [0.2, 0.25) is 0 Å². The zero-order valence-corrected chi connectivity index (χ0v) is 24.2. The van der Waals surface area contributed by atoms with Crippen LogP contribution in [0.5, 0.6) is 0 Å². The highest BCUT2D eigenvalue weighted by molar-refractivity contribution is 7.92. The van der Waals surface area contributed by atoms with Gasteiger partial charge >= 0.3 is 0 Å². The molecule has 2 aliphatic carbocycles. The van der Waals surface area contributed by atoms with E-state index in [1.165, 1.54) is 38.5 Å². The van der Waals surface area contributed by atoms with Gasteiger partial charge in [0.05, 0.1) is 27.7 Å². The molecular formula is C30H43ClN4O2S. The molecule has 2 heterocycles. The van der Waals surface area contributed by atoms with Gasteiger partial charge in [0.2, 0.25) is 0 Å². The average molecular weight is 559 g/mol. The van der Waals surface area contributed by atoms with Crippen molar-refractivity contribution in [1.29, 1.82) is 0 Å². The van der Waals surface area contributed by atoms with Gasteiger partial charge in [-0.15, -0.1) is 11.6 Å². The second-order valence-corrected chi connectivity index (χ2v) is 15.3. The summed E-state index contributed by atoms with van der Waals surface area (Å²) in [6.45, 7) is 3.62. The Hall–Kier alpha value is -1.70. The molecule has 1 aliphatic heterocycles. The standard InChI is InChI=1S/C30H43ClN4O2S/c1-30(31)15-4-2-3-6-21(14-16-30)23-8-9-24(18-23)28-29(32)34-20-27(35-28)22-10-12-25(13-11-22)38(36,37)26-7-5-17-33-19-26/h10-13,20-21,23-24,26,33H,2-9,14-19H2,1H3,(H2,32,34).